The van der Waals surface area contributed by atoms with Gasteiger partial charge in [0.1, 0.15) is 0 Å². The second kappa shape index (κ2) is 4.50. The van der Waals surface area contributed by atoms with E-state index in [1.54, 1.807) is 0 Å². The molecule has 0 spiro atoms. The largest absolute Gasteiger partial charge is 0.335 e. The Balaban J connectivity index is 2.13. The van der Waals surface area contributed by atoms with E-state index in [0.29, 0.717) is 0 Å². The molecule has 3 heteroatoms. The summed E-state index contributed by atoms with van der Waals surface area (Å²) in [6.45, 7) is 6.52. The van der Waals surface area contributed by atoms with E-state index in [1.165, 1.54) is 5.56 Å². The lowest BCUT2D eigenvalue weighted by Gasteiger charge is -2.15. The molecule has 1 unspecified atom stereocenters. The summed E-state index contributed by atoms with van der Waals surface area (Å²) in [5, 5.41) is 4.47. The van der Waals surface area contributed by atoms with Crippen molar-refractivity contribution in [3.05, 3.63) is 29.8 Å². The summed E-state index contributed by atoms with van der Waals surface area (Å²) in [5.74, 6) is 1.08. The molecular formula is C13H18N2S. The first kappa shape index (κ1) is 11.5. The third kappa shape index (κ3) is 2.40. The highest BCUT2D eigenvalue weighted by Crippen LogP contribution is 2.31. The molecule has 2 rings (SSSR count). The number of para-hydroxylation sites is 1. The highest BCUT2D eigenvalue weighted by atomic mass is 32.2. The Morgan fingerprint density at radius 3 is 2.81 bits per heavy atom. The molecule has 2 nitrogen and oxygen atoms in total. The zero-order valence-corrected chi connectivity index (χ0v) is 10.9. The molecule has 1 N–H and O–H groups in total. The number of benzene rings is 1. The van der Waals surface area contributed by atoms with Gasteiger partial charge in [0, 0.05) is 11.4 Å². The molecule has 1 heterocycles. The van der Waals surface area contributed by atoms with Gasteiger partial charge in [-0.25, -0.2) is 0 Å². The second-order valence-corrected chi connectivity index (χ2v) is 5.46. The number of hydrogen-bond donors (Lipinski definition) is 1. The fraction of sp³-hybridized carbons (Fsp3) is 0.462. The molecule has 0 radical (unpaired) electrons. The van der Waals surface area contributed by atoms with Gasteiger partial charge in [0.15, 0.2) is 5.17 Å². The fourth-order valence-electron chi connectivity index (χ4n) is 1.61. The van der Waals surface area contributed by atoms with Crippen molar-refractivity contribution < 1.29 is 0 Å². The maximum Gasteiger partial charge on any atom is 0.161 e. The van der Waals surface area contributed by atoms with E-state index in [4.69, 9.17) is 4.99 Å². The van der Waals surface area contributed by atoms with Crippen molar-refractivity contribution in [2.24, 2.45) is 4.99 Å². The van der Waals surface area contributed by atoms with Crippen LogP contribution in [0.1, 0.15) is 25.8 Å². The average Bonchev–Trinajstić information content (AvgIpc) is 2.65. The van der Waals surface area contributed by atoms with Gasteiger partial charge in [0.25, 0.3) is 0 Å². The number of aliphatic imine (C=N–C) groups is 1. The predicted molar refractivity (Wildman–Crippen MR) is 73.4 cm³/mol. The minimum absolute atomic E-state index is 0.121. The molecule has 1 aliphatic heterocycles. The Labute approximate surface area is 102 Å². The summed E-state index contributed by atoms with van der Waals surface area (Å²) in [6.07, 6.45) is 1.10. The normalized spacial score (nSPS) is 24.3. The van der Waals surface area contributed by atoms with E-state index in [9.17, 15) is 0 Å². The molecule has 0 saturated carbocycles. The summed E-state index contributed by atoms with van der Waals surface area (Å²) in [7, 11) is 0. The van der Waals surface area contributed by atoms with Crippen molar-refractivity contribution in [2.45, 2.75) is 32.7 Å². The first-order valence-corrected chi connectivity index (χ1v) is 6.67. The topological polar surface area (TPSA) is 24.4 Å². The third-order valence-electron chi connectivity index (χ3n) is 3.04. The van der Waals surface area contributed by atoms with Crippen LogP contribution in [0.3, 0.4) is 0 Å². The first-order valence-electron chi connectivity index (χ1n) is 5.68. The number of nitrogens with one attached hydrogen (secondary N) is 1. The van der Waals surface area contributed by atoms with Crippen LogP contribution in [0.4, 0.5) is 5.69 Å². The van der Waals surface area contributed by atoms with Crippen LogP contribution in [0.15, 0.2) is 29.3 Å². The molecule has 1 aromatic rings. The van der Waals surface area contributed by atoms with Gasteiger partial charge in [0.2, 0.25) is 0 Å². The van der Waals surface area contributed by atoms with Crippen LogP contribution in [-0.4, -0.2) is 16.5 Å². The summed E-state index contributed by atoms with van der Waals surface area (Å²) in [6, 6.07) is 8.32. The van der Waals surface area contributed by atoms with Crippen LogP contribution in [0, 0.1) is 6.92 Å². The number of thioether (sulfide) groups is 1. The van der Waals surface area contributed by atoms with Crippen LogP contribution in [0.2, 0.25) is 0 Å². The number of hydrogen-bond acceptors (Lipinski definition) is 3. The highest BCUT2D eigenvalue weighted by molar-refractivity contribution is 8.14. The molecule has 0 fully saturated rings. The summed E-state index contributed by atoms with van der Waals surface area (Å²) >= 11 is 1.82. The molecule has 1 atom stereocenters. The summed E-state index contributed by atoms with van der Waals surface area (Å²) < 4.78 is 0. The van der Waals surface area contributed by atoms with Crippen LogP contribution >= 0.6 is 11.8 Å². The lowest BCUT2D eigenvalue weighted by Crippen LogP contribution is -2.20. The van der Waals surface area contributed by atoms with Crippen LogP contribution < -0.4 is 5.32 Å². The predicted octanol–water partition coefficient (Wildman–Crippen LogP) is 3.68. The van der Waals surface area contributed by atoms with E-state index in [0.717, 1.165) is 23.0 Å². The van der Waals surface area contributed by atoms with E-state index in [2.05, 4.69) is 50.4 Å². The van der Waals surface area contributed by atoms with Crippen LogP contribution in [0.5, 0.6) is 0 Å². The van der Waals surface area contributed by atoms with Crippen molar-refractivity contribution in [1.29, 1.82) is 0 Å². The number of anilines is 1. The quantitative estimate of drug-likeness (QED) is 0.844. The van der Waals surface area contributed by atoms with Crippen molar-refractivity contribution >= 4 is 22.6 Å². The van der Waals surface area contributed by atoms with Gasteiger partial charge in [-0.05, 0) is 31.9 Å². The van der Waals surface area contributed by atoms with Gasteiger partial charge in [0.05, 0.1) is 5.54 Å². The van der Waals surface area contributed by atoms with Crippen molar-refractivity contribution in [2.75, 3.05) is 11.1 Å². The Bertz CT molecular complexity index is 414. The molecule has 0 amide bonds. The first-order chi connectivity index (χ1) is 7.63. The summed E-state index contributed by atoms with van der Waals surface area (Å²) in [4.78, 5) is 4.74. The SMILES string of the molecule is CCC1(C)CSC(Nc2ccccc2C)=N1. The Morgan fingerprint density at radius 2 is 2.19 bits per heavy atom. The molecule has 16 heavy (non-hydrogen) atoms. The number of nitrogens with zero attached hydrogens (tertiary/aromatic N) is 1. The molecule has 0 aromatic heterocycles. The average molecular weight is 234 g/mol. The smallest absolute Gasteiger partial charge is 0.161 e. The Morgan fingerprint density at radius 1 is 1.44 bits per heavy atom. The fourth-order valence-corrected chi connectivity index (χ4v) is 2.79. The number of rotatable bonds is 2. The number of amidine groups is 1. The second-order valence-electron chi connectivity index (χ2n) is 4.50. The maximum absolute atomic E-state index is 4.74. The third-order valence-corrected chi connectivity index (χ3v) is 4.27. The maximum atomic E-state index is 4.74. The molecule has 1 aliphatic rings. The minimum atomic E-state index is 0.121. The molecular weight excluding hydrogens is 216 g/mol. The van der Waals surface area contributed by atoms with Crippen LogP contribution in [-0.2, 0) is 0 Å². The Hall–Kier alpha value is -0.960. The van der Waals surface area contributed by atoms with E-state index >= 15 is 0 Å². The minimum Gasteiger partial charge on any atom is -0.335 e. The lowest BCUT2D eigenvalue weighted by atomic mass is 10.0. The highest BCUT2D eigenvalue weighted by Gasteiger charge is 2.28. The lowest BCUT2D eigenvalue weighted by molar-refractivity contribution is 0.523. The van der Waals surface area contributed by atoms with Crippen LogP contribution in [0.25, 0.3) is 0 Å². The Kier molecular flexibility index (Phi) is 3.24. The molecule has 0 bridgehead atoms. The van der Waals surface area contributed by atoms with Crippen molar-refractivity contribution in [3.8, 4) is 0 Å². The standard InChI is InChI=1S/C13H18N2S/c1-4-13(3)9-16-12(15-13)14-11-8-6-5-7-10(11)2/h5-8H,4,9H2,1-3H3,(H,14,15). The molecule has 86 valence electrons. The van der Waals surface area contributed by atoms with Gasteiger partial charge >= 0.3 is 0 Å². The molecule has 0 saturated heterocycles. The van der Waals surface area contributed by atoms with Gasteiger partial charge in [-0.15, -0.1) is 0 Å². The monoisotopic (exact) mass is 234 g/mol. The summed E-state index contributed by atoms with van der Waals surface area (Å²) in [5.41, 5.74) is 2.54. The van der Waals surface area contributed by atoms with E-state index in [1.807, 2.05) is 11.8 Å². The van der Waals surface area contributed by atoms with Crippen molar-refractivity contribution in [1.82, 2.24) is 0 Å². The van der Waals surface area contributed by atoms with Gasteiger partial charge in [-0.3, -0.25) is 4.99 Å². The van der Waals surface area contributed by atoms with E-state index in [-0.39, 0.29) is 5.54 Å². The molecule has 0 aliphatic carbocycles. The van der Waals surface area contributed by atoms with Crippen molar-refractivity contribution in [3.63, 3.8) is 0 Å². The molecule has 1 aromatic carbocycles. The van der Waals surface area contributed by atoms with Gasteiger partial charge < -0.3 is 5.32 Å². The number of aryl methyl sites for hydroxylation is 1. The van der Waals surface area contributed by atoms with E-state index < -0.39 is 0 Å². The van der Waals surface area contributed by atoms with Gasteiger partial charge in [-0.2, -0.15) is 0 Å². The zero-order valence-electron chi connectivity index (χ0n) is 10.1. The van der Waals surface area contributed by atoms with Gasteiger partial charge in [-0.1, -0.05) is 36.9 Å². The zero-order chi connectivity index (χ0) is 11.6.